The molecule has 2 aromatic heterocycles. The monoisotopic (exact) mass is 456 g/mol. The number of hydrogen-bond donors (Lipinski definition) is 0. The normalized spacial score (nSPS) is 17.9. The van der Waals surface area contributed by atoms with E-state index in [1.54, 1.807) is 0 Å². The van der Waals surface area contributed by atoms with Gasteiger partial charge in [-0.1, -0.05) is 28.1 Å². The van der Waals surface area contributed by atoms with Crippen molar-refractivity contribution in [3.63, 3.8) is 0 Å². The molecule has 1 aromatic carbocycles. The van der Waals surface area contributed by atoms with E-state index in [1.165, 1.54) is 47.5 Å². The van der Waals surface area contributed by atoms with Gasteiger partial charge in [0.05, 0.1) is 0 Å². The predicted octanol–water partition coefficient (Wildman–Crippen LogP) is 5.14. The molecule has 1 saturated heterocycles. The van der Waals surface area contributed by atoms with Crippen LogP contribution in [0.3, 0.4) is 0 Å². The van der Waals surface area contributed by atoms with E-state index in [9.17, 15) is 0 Å². The molecule has 0 saturated carbocycles. The van der Waals surface area contributed by atoms with Gasteiger partial charge in [-0.25, -0.2) is 0 Å². The molecule has 0 spiro atoms. The van der Waals surface area contributed by atoms with E-state index in [1.807, 2.05) is 11.3 Å². The summed E-state index contributed by atoms with van der Waals surface area (Å²) in [6.07, 6.45) is 5.87. The minimum Gasteiger partial charge on any atom is -0.311 e. The van der Waals surface area contributed by atoms with E-state index in [2.05, 4.69) is 71.3 Å². The predicted molar refractivity (Wildman–Crippen MR) is 118 cm³/mol. The molecule has 0 N–H and O–H groups in total. The molecule has 4 heterocycles. The summed E-state index contributed by atoms with van der Waals surface area (Å²) in [4.78, 5) is 4.08. The van der Waals surface area contributed by atoms with Gasteiger partial charge >= 0.3 is 0 Å². The fourth-order valence-electron chi connectivity index (χ4n) is 4.52. The van der Waals surface area contributed by atoms with E-state index in [0.717, 1.165) is 42.9 Å². The van der Waals surface area contributed by atoms with Crippen LogP contribution in [0.1, 0.15) is 41.4 Å². The van der Waals surface area contributed by atoms with Crippen LogP contribution in [0.5, 0.6) is 0 Å². The maximum absolute atomic E-state index is 4.66. The van der Waals surface area contributed by atoms with Gasteiger partial charge in [0.2, 0.25) is 0 Å². The number of nitrogens with zero attached hydrogens (tertiary/aromatic N) is 4. The van der Waals surface area contributed by atoms with E-state index in [4.69, 9.17) is 0 Å². The van der Waals surface area contributed by atoms with Crippen molar-refractivity contribution in [3.05, 3.63) is 56.4 Å². The molecule has 4 nitrogen and oxygen atoms in total. The van der Waals surface area contributed by atoms with Crippen LogP contribution in [0.2, 0.25) is 0 Å². The zero-order chi connectivity index (χ0) is 18.9. The molecule has 6 heteroatoms. The summed E-state index contributed by atoms with van der Waals surface area (Å²) in [7, 11) is 0. The number of fused-ring (bicyclic) bond motifs is 3. The second-order valence-corrected chi connectivity index (χ2v) is 9.80. The largest absolute Gasteiger partial charge is 0.311 e. The number of thiophene rings is 1. The van der Waals surface area contributed by atoms with E-state index in [0.29, 0.717) is 5.92 Å². The molecule has 0 amide bonds. The Morgan fingerprint density at radius 3 is 2.68 bits per heavy atom. The minimum atomic E-state index is 0.547. The average Bonchev–Trinajstić information content (AvgIpc) is 3.32. The van der Waals surface area contributed by atoms with Crippen molar-refractivity contribution in [2.75, 3.05) is 19.6 Å². The first-order valence-electron chi connectivity index (χ1n) is 10.2. The Morgan fingerprint density at radius 1 is 1.04 bits per heavy atom. The minimum absolute atomic E-state index is 0.547. The maximum Gasteiger partial charge on any atom is 0.165 e. The Balaban J connectivity index is 1.23. The molecule has 1 fully saturated rings. The van der Waals surface area contributed by atoms with Crippen molar-refractivity contribution >= 4 is 27.3 Å². The van der Waals surface area contributed by atoms with Gasteiger partial charge in [-0.3, -0.25) is 0 Å². The topological polar surface area (TPSA) is 34.0 Å². The molecule has 0 aliphatic carbocycles. The van der Waals surface area contributed by atoms with E-state index in [-0.39, 0.29) is 0 Å². The third kappa shape index (κ3) is 3.70. The van der Waals surface area contributed by atoms with Crippen LogP contribution >= 0.6 is 27.3 Å². The number of piperidine rings is 1. The molecular weight excluding hydrogens is 432 g/mol. The van der Waals surface area contributed by atoms with Crippen LogP contribution in [0.15, 0.2) is 40.2 Å². The Morgan fingerprint density at radius 2 is 1.86 bits per heavy atom. The first-order valence-corrected chi connectivity index (χ1v) is 11.9. The number of rotatable bonds is 4. The van der Waals surface area contributed by atoms with Crippen molar-refractivity contribution in [1.29, 1.82) is 0 Å². The van der Waals surface area contributed by atoms with Crippen LogP contribution < -0.4 is 0 Å². The first-order chi connectivity index (χ1) is 13.8. The second kappa shape index (κ2) is 8.09. The molecule has 2 aliphatic rings. The van der Waals surface area contributed by atoms with Gasteiger partial charge in [-0.2, -0.15) is 0 Å². The molecule has 28 heavy (non-hydrogen) atoms. The molecule has 0 radical (unpaired) electrons. The Bertz CT molecular complexity index is 938. The van der Waals surface area contributed by atoms with Crippen LogP contribution in [0.25, 0.3) is 11.4 Å². The van der Waals surface area contributed by atoms with Gasteiger partial charge < -0.3 is 9.47 Å². The molecule has 0 bridgehead atoms. The number of likely N-dealkylation sites (tertiary alicyclic amines) is 1. The van der Waals surface area contributed by atoms with Gasteiger partial charge in [0.15, 0.2) is 5.82 Å². The highest BCUT2D eigenvalue weighted by Crippen LogP contribution is 2.35. The number of aromatic nitrogens is 3. The van der Waals surface area contributed by atoms with E-state index < -0.39 is 0 Å². The quantitative estimate of drug-likeness (QED) is 0.544. The lowest BCUT2D eigenvalue weighted by molar-refractivity contribution is 0.209. The third-order valence-corrected chi connectivity index (χ3v) is 7.64. The summed E-state index contributed by atoms with van der Waals surface area (Å²) in [5.74, 6) is 2.87. The summed E-state index contributed by atoms with van der Waals surface area (Å²) in [6.45, 7) is 4.52. The highest BCUT2D eigenvalue weighted by molar-refractivity contribution is 9.10. The zero-order valence-electron chi connectivity index (χ0n) is 16.0. The van der Waals surface area contributed by atoms with Crippen molar-refractivity contribution in [2.24, 2.45) is 0 Å². The van der Waals surface area contributed by atoms with E-state index >= 15 is 0 Å². The van der Waals surface area contributed by atoms with Gasteiger partial charge in [0, 0.05) is 33.9 Å². The van der Waals surface area contributed by atoms with Gasteiger partial charge in [0.1, 0.15) is 5.82 Å². The highest BCUT2D eigenvalue weighted by atomic mass is 79.9. The smallest absolute Gasteiger partial charge is 0.165 e. The Hall–Kier alpha value is -1.50. The Kier molecular flexibility index (Phi) is 5.35. The second-order valence-electron chi connectivity index (χ2n) is 7.89. The summed E-state index contributed by atoms with van der Waals surface area (Å²) in [5, 5.41) is 11.5. The molecule has 0 atom stereocenters. The van der Waals surface area contributed by atoms with Crippen molar-refractivity contribution in [3.8, 4) is 11.4 Å². The fraction of sp³-hybridized carbons (Fsp3) is 0.455. The molecule has 0 unspecified atom stereocenters. The lowest BCUT2D eigenvalue weighted by atomic mass is 9.95. The molecular formula is C22H25BrN4S. The third-order valence-electron chi connectivity index (χ3n) is 6.13. The highest BCUT2D eigenvalue weighted by Gasteiger charge is 2.28. The number of aryl methyl sites for hydroxylation is 1. The SMILES string of the molecule is Brc1ccc(CCN2CCC(c3nnc4n3CCCc3sccc3-4)CC2)cc1. The van der Waals surface area contributed by atoms with Crippen molar-refractivity contribution in [1.82, 2.24) is 19.7 Å². The lowest BCUT2D eigenvalue weighted by Gasteiger charge is -2.31. The standard InChI is InChI=1S/C22H25BrN4S/c23-18-5-3-16(4-6-18)7-12-26-13-8-17(9-14-26)21-24-25-22-19-10-15-28-20(19)2-1-11-27(21)22/h3-6,10,15,17H,1-2,7-9,11-14H2. The van der Waals surface area contributed by atoms with Crippen LogP contribution in [0.4, 0.5) is 0 Å². The van der Waals surface area contributed by atoms with Crippen molar-refractivity contribution < 1.29 is 0 Å². The molecule has 3 aromatic rings. The summed E-state index contributed by atoms with van der Waals surface area (Å²) < 4.78 is 3.57. The number of halogens is 1. The van der Waals surface area contributed by atoms with Gasteiger partial charge in [0.25, 0.3) is 0 Å². The number of hydrogen-bond acceptors (Lipinski definition) is 4. The van der Waals surface area contributed by atoms with Gasteiger partial charge in [-0.15, -0.1) is 21.5 Å². The number of benzene rings is 1. The maximum atomic E-state index is 4.66. The van der Waals surface area contributed by atoms with Crippen LogP contribution in [0, 0.1) is 0 Å². The van der Waals surface area contributed by atoms with Crippen LogP contribution in [-0.4, -0.2) is 39.3 Å². The average molecular weight is 457 g/mol. The van der Waals surface area contributed by atoms with Gasteiger partial charge in [-0.05, 0) is 74.3 Å². The molecule has 2 aliphatic heterocycles. The summed E-state index contributed by atoms with van der Waals surface area (Å²) >= 11 is 5.37. The lowest BCUT2D eigenvalue weighted by Crippen LogP contribution is -2.35. The first kappa shape index (κ1) is 18.5. The summed E-state index contributed by atoms with van der Waals surface area (Å²) in [5.41, 5.74) is 2.73. The van der Waals surface area contributed by atoms with Crippen LogP contribution in [-0.2, 0) is 19.4 Å². The fourth-order valence-corrected chi connectivity index (χ4v) is 5.70. The molecule has 5 rings (SSSR count). The Labute approximate surface area is 178 Å². The summed E-state index contributed by atoms with van der Waals surface area (Å²) in [6, 6.07) is 10.9. The zero-order valence-corrected chi connectivity index (χ0v) is 18.4. The molecule has 146 valence electrons. The van der Waals surface area contributed by atoms with Crippen molar-refractivity contribution in [2.45, 2.75) is 44.6 Å².